The number of halogens is 2. The molecule has 0 heterocycles. The fourth-order valence-electron chi connectivity index (χ4n) is 2.61. The molecule has 8 heteroatoms. The molecule has 2 amide bonds. The summed E-state index contributed by atoms with van der Waals surface area (Å²) in [5.41, 5.74) is -0.276. The van der Waals surface area contributed by atoms with E-state index in [4.69, 9.17) is 23.2 Å². The maximum absolute atomic E-state index is 12.1. The van der Waals surface area contributed by atoms with Crippen molar-refractivity contribution in [2.45, 2.75) is 25.3 Å². The van der Waals surface area contributed by atoms with Crippen LogP contribution >= 0.6 is 23.2 Å². The number of quaternary nitrogens is 1. The van der Waals surface area contributed by atoms with Gasteiger partial charge in [0.05, 0.1) is 23.2 Å². The molecule has 1 unspecified atom stereocenters. The van der Waals surface area contributed by atoms with Gasteiger partial charge in [0.25, 0.3) is 11.8 Å². The molecule has 1 saturated carbocycles. The Labute approximate surface area is 157 Å². The minimum absolute atomic E-state index is 0.110. The van der Waals surface area contributed by atoms with Gasteiger partial charge in [-0.25, -0.2) is 0 Å². The Balaban J connectivity index is 1.81. The molecular formula is C17H21Cl2N4O2+. The molecule has 0 aliphatic heterocycles. The Morgan fingerprint density at radius 3 is 2.48 bits per heavy atom. The van der Waals surface area contributed by atoms with E-state index in [2.05, 4.69) is 16.7 Å². The SMILES string of the molecule is C[NH+](CC(=O)Nc1ccc(Cl)c(Cl)c1)CC(=O)N[C@](C)(C#N)C1CC1. The molecular weight excluding hydrogens is 363 g/mol. The lowest BCUT2D eigenvalue weighted by molar-refractivity contribution is -0.862. The zero-order chi connectivity index (χ0) is 18.6. The number of nitrogens with one attached hydrogen (secondary N) is 3. The number of hydrogen-bond donors (Lipinski definition) is 3. The molecule has 25 heavy (non-hydrogen) atoms. The molecule has 0 saturated heterocycles. The summed E-state index contributed by atoms with van der Waals surface area (Å²) < 4.78 is 0. The average Bonchev–Trinajstić information content (AvgIpc) is 3.35. The number of nitriles is 1. The Morgan fingerprint density at radius 1 is 1.28 bits per heavy atom. The molecule has 0 spiro atoms. The van der Waals surface area contributed by atoms with E-state index in [0.717, 1.165) is 12.8 Å². The molecule has 6 nitrogen and oxygen atoms in total. The van der Waals surface area contributed by atoms with E-state index in [0.29, 0.717) is 20.6 Å². The minimum atomic E-state index is -0.820. The maximum atomic E-state index is 12.1. The van der Waals surface area contributed by atoms with Crippen molar-refractivity contribution in [3.8, 4) is 6.07 Å². The lowest BCUT2D eigenvalue weighted by Gasteiger charge is -2.23. The van der Waals surface area contributed by atoms with Crippen LogP contribution in [0.15, 0.2) is 18.2 Å². The highest BCUT2D eigenvalue weighted by atomic mass is 35.5. The topological polar surface area (TPSA) is 86.4 Å². The summed E-state index contributed by atoms with van der Waals surface area (Å²) >= 11 is 11.7. The highest BCUT2D eigenvalue weighted by molar-refractivity contribution is 6.42. The van der Waals surface area contributed by atoms with Crippen LogP contribution in [0.25, 0.3) is 0 Å². The Hall–Kier alpha value is -1.81. The van der Waals surface area contributed by atoms with Crippen molar-refractivity contribution < 1.29 is 14.5 Å². The quantitative estimate of drug-likeness (QED) is 0.662. The molecule has 0 aromatic heterocycles. The Kier molecular flexibility index (Phi) is 6.28. The predicted molar refractivity (Wildman–Crippen MR) is 96.6 cm³/mol. The van der Waals surface area contributed by atoms with E-state index in [9.17, 15) is 14.9 Å². The average molecular weight is 384 g/mol. The van der Waals surface area contributed by atoms with Crippen molar-refractivity contribution in [3.63, 3.8) is 0 Å². The van der Waals surface area contributed by atoms with Gasteiger partial charge in [-0.15, -0.1) is 0 Å². The Bertz CT molecular complexity index is 715. The van der Waals surface area contributed by atoms with Gasteiger partial charge in [-0.05, 0) is 43.9 Å². The molecule has 1 aromatic rings. The second-order valence-corrected chi connectivity index (χ2v) is 7.44. The summed E-state index contributed by atoms with van der Waals surface area (Å²) in [5, 5.41) is 15.5. The summed E-state index contributed by atoms with van der Waals surface area (Å²) in [6, 6.07) is 7.01. The third-order valence-electron chi connectivity index (χ3n) is 4.15. The van der Waals surface area contributed by atoms with Gasteiger partial charge >= 0.3 is 0 Å². The van der Waals surface area contributed by atoms with Crippen LogP contribution in [0.4, 0.5) is 5.69 Å². The first-order valence-corrected chi connectivity index (χ1v) is 8.77. The van der Waals surface area contributed by atoms with Crippen molar-refractivity contribution in [2.75, 3.05) is 25.5 Å². The monoisotopic (exact) mass is 383 g/mol. The number of carbonyl (C=O) groups is 2. The van der Waals surface area contributed by atoms with Crippen molar-refractivity contribution in [3.05, 3.63) is 28.2 Å². The van der Waals surface area contributed by atoms with Crippen LogP contribution < -0.4 is 15.5 Å². The first-order valence-electron chi connectivity index (χ1n) is 8.02. The number of nitrogens with zero attached hydrogens (tertiary/aromatic N) is 1. The smallest absolute Gasteiger partial charge is 0.279 e. The van der Waals surface area contributed by atoms with Crippen LogP contribution in [0.3, 0.4) is 0 Å². The van der Waals surface area contributed by atoms with Gasteiger partial charge in [0.15, 0.2) is 13.1 Å². The van der Waals surface area contributed by atoms with Crippen LogP contribution in [0.5, 0.6) is 0 Å². The molecule has 134 valence electrons. The van der Waals surface area contributed by atoms with E-state index in [-0.39, 0.29) is 30.8 Å². The van der Waals surface area contributed by atoms with Gasteiger partial charge in [0.2, 0.25) is 0 Å². The predicted octanol–water partition coefficient (Wildman–Crippen LogP) is 1.26. The van der Waals surface area contributed by atoms with Crippen molar-refractivity contribution in [2.24, 2.45) is 5.92 Å². The zero-order valence-electron chi connectivity index (χ0n) is 14.2. The van der Waals surface area contributed by atoms with E-state index >= 15 is 0 Å². The number of likely N-dealkylation sites (N-methyl/N-ethyl adjacent to an activating group) is 1. The molecule has 2 atom stereocenters. The van der Waals surface area contributed by atoms with Crippen LogP contribution in [-0.2, 0) is 9.59 Å². The fourth-order valence-corrected chi connectivity index (χ4v) is 2.90. The summed E-state index contributed by atoms with van der Waals surface area (Å²) in [7, 11) is 1.74. The van der Waals surface area contributed by atoms with Gasteiger partial charge in [-0.1, -0.05) is 23.2 Å². The van der Waals surface area contributed by atoms with E-state index in [1.54, 1.807) is 32.2 Å². The van der Waals surface area contributed by atoms with E-state index in [1.165, 1.54) is 0 Å². The molecule has 1 aliphatic rings. The minimum Gasteiger partial charge on any atom is -0.333 e. The van der Waals surface area contributed by atoms with Crippen LogP contribution in [0, 0.1) is 17.2 Å². The van der Waals surface area contributed by atoms with Gasteiger partial charge in [0.1, 0.15) is 5.54 Å². The summed E-state index contributed by atoms with van der Waals surface area (Å²) in [6.45, 7) is 1.97. The highest BCUT2D eigenvalue weighted by Crippen LogP contribution is 2.39. The zero-order valence-corrected chi connectivity index (χ0v) is 15.7. The third kappa shape index (κ3) is 5.60. The second kappa shape index (κ2) is 8.05. The Morgan fingerprint density at radius 2 is 1.92 bits per heavy atom. The standard InChI is InChI=1S/C17H20Cl2N4O2/c1-17(10-20,11-3-4-11)22-16(25)9-23(2)8-15(24)21-12-5-6-13(18)14(19)7-12/h5-7,11H,3-4,8-9H2,1-2H3,(H,21,24)(H,22,25)/p+1/t17-/m1/s1. The van der Waals surface area contributed by atoms with Gasteiger partial charge in [-0.2, -0.15) is 5.26 Å². The van der Waals surface area contributed by atoms with Crippen LogP contribution in [0.1, 0.15) is 19.8 Å². The molecule has 0 radical (unpaired) electrons. The number of hydrogen-bond acceptors (Lipinski definition) is 3. The molecule has 1 fully saturated rings. The normalized spacial score (nSPS) is 17.1. The number of rotatable bonds is 7. The van der Waals surface area contributed by atoms with Gasteiger partial charge in [0, 0.05) is 5.69 Å². The second-order valence-electron chi connectivity index (χ2n) is 6.62. The lowest BCUT2D eigenvalue weighted by Crippen LogP contribution is -3.11. The van der Waals surface area contributed by atoms with Gasteiger partial charge in [-0.3, -0.25) is 9.59 Å². The number of amides is 2. The third-order valence-corrected chi connectivity index (χ3v) is 4.89. The molecule has 2 rings (SSSR count). The first-order chi connectivity index (χ1) is 11.7. The van der Waals surface area contributed by atoms with Crippen molar-refractivity contribution in [1.29, 1.82) is 5.26 Å². The largest absolute Gasteiger partial charge is 0.333 e. The number of anilines is 1. The maximum Gasteiger partial charge on any atom is 0.279 e. The van der Waals surface area contributed by atoms with E-state index < -0.39 is 5.54 Å². The first kappa shape index (κ1) is 19.5. The summed E-state index contributed by atoms with van der Waals surface area (Å²) in [4.78, 5) is 24.9. The molecule has 1 aromatic carbocycles. The summed E-state index contributed by atoms with van der Waals surface area (Å²) in [6.07, 6.45) is 1.91. The number of carbonyl (C=O) groups excluding carboxylic acids is 2. The number of benzene rings is 1. The van der Waals surface area contributed by atoms with E-state index in [1.807, 2.05) is 0 Å². The van der Waals surface area contributed by atoms with Gasteiger partial charge < -0.3 is 15.5 Å². The van der Waals surface area contributed by atoms with Crippen LogP contribution in [-0.4, -0.2) is 37.5 Å². The summed E-state index contributed by atoms with van der Waals surface area (Å²) in [5.74, 6) is -0.260. The highest BCUT2D eigenvalue weighted by Gasteiger charge is 2.43. The lowest BCUT2D eigenvalue weighted by atomic mass is 9.98. The molecule has 3 N–H and O–H groups in total. The van der Waals surface area contributed by atoms with Crippen molar-refractivity contribution >= 4 is 40.7 Å². The van der Waals surface area contributed by atoms with Crippen molar-refractivity contribution in [1.82, 2.24) is 5.32 Å². The molecule has 0 bridgehead atoms. The fraction of sp³-hybridized carbons (Fsp3) is 0.471. The van der Waals surface area contributed by atoms with Crippen LogP contribution in [0.2, 0.25) is 10.0 Å². The molecule has 1 aliphatic carbocycles.